The molecule has 1 spiro atoms. The van der Waals surface area contributed by atoms with Gasteiger partial charge >= 0.3 is 0 Å². The number of benzene rings is 10. The van der Waals surface area contributed by atoms with E-state index in [4.69, 9.17) is 0 Å². The molecule has 11 aromatic rings. The van der Waals surface area contributed by atoms with Gasteiger partial charge in [0.15, 0.2) is 0 Å². The number of aromatic nitrogens is 1. The van der Waals surface area contributed by atoms with Crippen molar-refractivity contribution >= 4 is 55.9 Å². The Hall–Kier alpha value is -8.40. The van der Waals surface area contributed by atoms with E-state index in [2.05, 4.69) is 258 Å². The summed E-state index contributed by atoms with van der Waals surface area (Å²) in [7, 11) is 0. The Bertz CT molecular complexity index is 3900. The number of fused-ring (bicyclic) bond motifs is 8. The molecule has 4 unspecified atom stereocenters. The van der Waals surface area contributed by atoms with Gasteiger partial charge in [-0.15, -0.1) is 0 Å². The fourth-order valence-corrected chi connectivity index (χ4v) is 14.4. The summed E-state index contributed by atoms with van der Waals surface area (Å²) in [6, 6.07) is 89.3. The van der Waals surface area contributed by atoms with Gasteiger partial charge in [-0.05, 0) is 173 Å². The highest BCUT2D eigenvalue weighted by Crippen LogP contribution is 2.69. The Kier molecular flexibility index (Phi) is 9.23. The van der Waals surface area contributed by atoms with Crippen LogP contribution in [0.2, 0.25) is 0 Å². The van der Waals surface area contributed by atoms with Crippen LogP contribution in [0.5, 0.6) is 0 Å². The van der Waals surface area contributed by atoms with Crippen LogP contribution in [0, 0.1) is 18.8 Å². The van der Waals surface area contributed by atoms with Gasteiger partial charge in [0, 0.05) is 50.5 Å². The number of para-hydroxylation sites is 4. The van der Waals surface area contributed by atoms with Gasteiger partial charge in [-0.2, -0.15) is 0 Å². The first kappa shape index (κ1) is 41.4. The molecule has 0 saturated heterocycles. The molecule has 0 amide bonds. The van der Waals surface area contributed by atoms with E-state index in [9.17, 15) is 0 Å². The minimum Gasteiger partial charge on any atom is -0.310 e. The minimum atomic E-state index is -0.182. The van der Waals surface area contributed by atoms with Crippen LogP contribution in [0.15, 0.2) is 237 Å². The van der Waals surface area contributed by atoms with E-state index < -0.39 is 0 Å². The van der Waals surface area contributed by atoms with Crippen molar-refractivity contribution in [2.45, 2.75) is 43.9 Å². The zero-order valence-corrected chi connectivity index (χ0v) is 40.4. The van der Waals surface area contributed by atoms with E-state index in [1.54, 1.807) is 0 Å². The topological polar surface area (TPSA) is 11.4 Å². The summed E-state index contributed by atoms with van der Waals surface area (Å²) >= 11 is 0. The van der Waals surface area contributed by atoms with Crippen molar-refractivity contribution in [3.8, 4) is 16.8 Å². The third kappa shape index (κ3) is 5.97. The zero-order valence-electron chi connectivity index (χ0n) is 40.4. The number of hydrogen-bond acceptors (Lipinski definition) is 2. The molecule has 0 bridgehead atoms. The van der Waals surface area contributed by atoms with E-state index in [-0.39, 0.29) is 11.3 Å². The van der Waals surface area contributed by atoms with Crippen LogP contribution < -0.4 is 9.80 Å². The van der Waals surface area contributed by atoms with Crippen LogP contribution in [-0.2, 0) is 18.3 Å². The molecule has 0 aliphatic heterocycles. The second-order valence-electron chi connectivity index (χ2n) is 20.8. The maximum Gasteiger partial charge on any atom is 0.0561 e. The molecule has 0 N–H and O–H groups in total. The van der Waals surface area contributed by atoms with Crippen molar-refractivity contribution < 1.29 is 0 Å². The third-order valence-electron chi connectivity index (χ3n) is 17.2. The Balaban J connectivity index is 0.949. The number of nitrogens with zero attached hydrogens (tertiary/aromatic N) is 3. The SMILES string of the molecule is Cc1ccc(C2c3ccccc3-c3ccc(N(c4ccccc4)c4cccc5c4C46c7c(cccc7N(c7ccccc7)c7ccc8c9ccccc9n(-c9ccccc9)c8c7)CC4CCC6C5)cc32)cc1. The van der Waals surface area contributed by atoms with E-state index in [0.717, 1.165) is 18.5 Å². The molecule has 4 aliphatic carbocycles. The Morgan fingerprint density at radius 2 is 0.958 bits per heavy atom. The molecule has 10 aromatic carbocycles. The Morgan fingerprint density at radius 3 is 1.62 bits per heavy atom. The number of hydrogen-bond donors (Lipinski definition) is 0. The van der Waals surface area contributed by atoms with Crippen LogP contribution in [0.4, 0.5) is 34.1 Å². The quantitative estimate of drug-likeness (QED) is 0.150. The van der Waals surface area contributed by atoms with Crippen molar-refractivity contribution in [2.75, 3.05) is 9.80 Å². The molecule has 4 atom stereocenters. The summed E-state index contributed by atoms with van der Waals surface area (Å²) in [5.41, 5.74) is 24.8. The fraction of sp³-hybridized carbons (Fsp3) is 0.130. The van der Waals surface area contributed by atoms with Crippen LogP contribution in [0.3, 0.4) is 0 Å². The first-order chi connectivity index (χ1) is 35.6. The molecule has 1 fully saturated rings. The van der Waals surface area contributed by atoms with Gasteiger partial charge in [-0.3, -0.25) is 0 Å². The first-order valence-corrected chi connectivity index (χ1v) is 26.0. The molecule has 15 rings (SSSR count). The van der Waals surface area contributed by atoms with Crippen LogP contribution >= 0.6 is 0 Å². The highest BCUT2D eigenvalue weighted by Gasteiger charge is 2.62. The lowest BCUT2D eigenvalue weighted by Crippen LogP contribution is -2.34. The van der Waals surface area contributed by atoms with Crippen molar-refractivity contribution in [2.24, 2.45) is 11.8 Å². The van der Waals surface area contributed by atoms with Crippen molar-refractivity contribution in [1.82, 2.24) is 4.57 Å². The van der Waals surface area contributed by atoms with E-state index in [1.807, 2.05) is 0 Å². The van der Waals surface area contributed by atoms with E-state index >= 15 is 0 Å². The monoisotopic (exact) mass is 923 g/mol. The summed E-state index contributed by atoms with van der Waals surface area (Å²) in [5, 5.41) is 2.52. The lowest BCUT2D eigenvalue weighted by Gasteiger charge is -2.40. The van der Waals surface area contributed by atoms with E-state index in [0.29, 0.717) is 11.8 Å². The summed E-state index contributed by atoms with van der Waals surface area (Å²) in [5.74, 6) is 1.12. The normalized spacial score (nSPS) is 18.9. The second kappa shape index (κ2) is 16.1. The molecular formula is C69H53N3. The van der Waals surface area contributed by atoms with Gasteiger partial charge in [-0.1, -0.05) is 163 Å². The van der Waals surface area contributed by atoms with Gasteiger partial charge in [0.1, 0.15) is 0 Å². The molecule has 3 heteroatoms. The van der Waals surface area contributed by atoms with Gasteiger partial charge in [0.2, 0.25) is 0 Å². The van der Waals surface area contributed by atoms with Gasteiger partial charge in [0.05, 0.1) is 22.4 Å². The van der Waals surface area contributed by atoms with Crippen LogP contribution in [0.1, 0.15) is 63.3 Å². The van der Waals surface area contributed by atoms with Crippen molar-refractivity contribution in [3.05, 3.63) is 281 Å². The lowest BCUT2D eigenvalue weighted by atomic mass is 9.68. The largest absolute Gasteiger partial charge is 0.310 e. The van der Waals surface area contributed by atoms with Crippen molar-refractivity contribution in [1.29, 1.82) is 0 Å². The average Bonchev–Trinajstić information content (AvgIpc) is 4.22. The molecule has 1 saturated carbocycles. The van der Waals surface area contributed by atoms with Crippen molar-refractivity contribution in [3.63, 3.8) is 0 Å². The molecule has 0 radical (unpaired) electrons. The van der Waals surface area contributed by atoms with Gasteiger partial charge in [-0.25, -0.2) is 0 Å². The molecule has 344 valence electrons. The predicted octanol–water partition coefficient (Wildman–Crippen LogP) is 17.6. The molecule has 4 aliphatic rings. The van der Waals surface area contributed by atoms with Gasteiger partial charge in [0.25, 0.3) is 0 Å². The molecule has 3 nitrogen and oxygen atoms in total. The Labute approximate surface area is 421 Å². The number of rotatable bonds is 8. The van der Waals surface area contributed by atoms with Gasteiger partial charge < -0.3 is 14.4 Å². The summed E-state index contributed by atoms with van der Waals surface area (Å²) in [6.07, 6.45) is 4.61. The Morgan fingerprint density at radius 1 is 0.417 bits per heavy atom. The molecular weight excluding hydrogens is 871 g/mol. The summed E-state index contributed by atoms with van der Waals surface area (Å²) in [4.78, 5) is 5.21. The average molecular weight is 924 g/mol. The predicted molar refractivity (Wildman–Crippen MR) is 299 cm³/mol. The summed E-state index contributed by atoms with van der Waals surface area (Å²) in [6.45, 7) is 2.18. The molecule has 1 aromatic heterocycles. The third-order valence-corrected chi connectivity index (χ3v) is 17.2. The molecule has 72 heavy (non-hydrogen) atoms. The lowest BCUT2D eigenvalue weighted by molar-refractivity contribution is 0.350. The van der Waals surface area contributed by atoms with Crippen LogP contribution in [-0.4, -0.2) is 4.57 Å². The van der Waals surface area contributed by atoms with E-state index in [1.165, 1.54) is 124 Å². The van der Waals surface area contributed by atoms with Crippen LogP contribution in [0.25, 0.3) is 38.6 Å². The zero-order chi connectivity index (χ0) is 47.5. The minimum absolute atomic E-state index is 0.152. The maximum atomic E-state index is 2.62. The molecule has 1 heterocycles. The summed E-state index contributed by atoms with van der Waals surface area (Å²) < 4.78 is 2.45. The standard InChI is InChI=1S/C69H53N3/c1-45-31-33-46(34-32-45)66-60-27-12-11-25-56(60)57-39-37-54(43-61(57)66)70(51-19-5-2-6-20-51)63-29-15-17-47-41-49-35-36-50-42-48-18-16-30-64(68(48)69(49,50)67(47)63)71(52-21-7-3-8-22-52)55-38-40-59-58-26-13-14-28-62(58)72(65(59)44-55)53-23-9-4-10-24-53/h2-34,37-40,43-44,49-50,66H,35-36,41-42H2,1H3. The first-order valence-electron chi connectivity index (χ1n) is 26.0. The number of anilines is 6. The fourth-order valence-electron chi connectivity index (χ4n) is 14.4. The maximum absolute atomic E-state index is 2.62. The highest BCUT2D eigenvalue weighted by atomic mass is 15.2. The smallest absolute Gasteiger partial charge is 0.0561 e. The second-order valence-corrected chi connectivity index (χ2v) is 20.8. The number of aryl methyl sites for hydroxylation is 1. The highest BCUT2D eigenvalue weighted by molar-refractivity contribution is 6.10.